The van der Waals surface area contributed by atoms with Crippen LogP contribution in [-0.4, -0.2) is 61.2 Å². The van der Waals surface area contributed by atoms with Crippen molar-refractivity contribution in [1.29, 1.82) is 0 Å². The van der Waals surface area contributed by atoms with E-state index in [-0.39, 0.29) is 6.03 Å². The lowest BCUT2D eigenvalue weighted by Gasteiger charge is -2.32. The lowest BCUT2D eigenvalue weighted by Crippen LogP contribution is -2.45. The molecule has 1 aliphatic rings. The Morgan fingerprint density at radius 1 is 1.12 bits per heavy atom. The molecule has 8 heteroatoms. The van der Waals surface area contributed by atoms with Gasteiger partial charge < -0.3 is 25.2 Å². The second-order valence-corrected chi connectivity index (χ2v) is 6.32. The normalized spacial score (nSPS) is 14.8. The molecule has 1 aromatic heterocycles. The van der Waals surface area contributed by atoms with Gasteiger partial charge in [0.15, 0.2) is 0 Å². The number of ether oxygens (including phenoxy) is 1. The maximum atomic E-state index is 12.2. The van der Waals surface area contributed by atoms with E-state index in [4.69, 9.17) is 4.74 Å². The van der Waals surface area contributed by atoms with Crippen LogP contribution < -0.4 is 20.3 Å². The van der Waals surface area contributed by atoms with Gasteiger partial charge in [0.1, 0.15) is 5.75 Å². The quantitative estimate of drug-likeness (QED) is 0.874. The number of carbonyl (C=O) groups is 1. The topological polar surface area (TPSA) is 82.6 Å². The van der Waals surface area contributed by atoms with Crippen molar-refractivity contribution in [2.24, 2.45) is 0 Å². The van der Waals surface area contributed by atoms with Gasteiger partial charge in [-0.25, -0.2) is 14.8 Å². The van der Waals surface area contributed by atoms with Gasteiger partial charge in [-0.15, -0.1) is 0 Å². The third-order valence-electron chi connectivity index (χ3n) is 4.36. The number of likely N-dealkylation sites (N-methyl/N-ethyl adjacent to an activating group) is 1. The van der Waals surface area contributed by atoms with Crippen molar-refractivity contribution in [2.45, 2.75) is 6.92 Å². The molecule has 2 heterocycles. The Hall–Kier alpha value is -2.87. The Morgan fingerprint density at radius 3 is 2.42 bits per heavy atom. The van der Waals surface area contributed by atoms with Crippen molar-refractivity contribution in [3.05, 3.63) is 36.2 Å². The smallest absolute Gasteiger partial charge is 0.323 e. The molecule has 0 spiro atoms. The minimum Gasteiger partial charge on any atom is -0.497 e. The Kier molecular flexibility index (Phi) is 5.52. The van der Waals surface area contributed by atoms with E-state index >= 15 is 0 Å². The van der Waals surface area contributed by atoms with Crippen LogP contribution in [0.2, 0.25) is 0 Å². The summed E-state index contributed by atoms with van der Waals surface area (Å²) in [5, 5.41) is 5.57. The van der Waals surface area contributed by atoms with Crippen LogP contribution in [0.3, 0.4) is 0 Å². The minimum absolute atomic E-state index is 0.339. The summed E-state index contributed by atoms with van der Waals surface area (Å²) in [6, 6.07) is 5.13. The Morgan fingerprint density at radius 2 is 1.81 bits per heavy atom. The molecule has 0 radical (unpaired) electrons. The number of anilines is 3. The molecule has 1 fully saturated rings. The summed E-state index contributed by atoms with van der Waals surface area (Å²) in [7, 11) is 3.72. The van der Waals surface area contributed by atoms with E-state index in [9.17, 15) is 4.79 Å². The Labute approximate surface area is 153 Å². The van der Waals surface area contributed by atoms with Crippen LogP contribution in [0.5, 0.6) is 5.75 Å². The first-order valence-corrected chi connectivity index (χ1v) is 8.53. The number of nitrogens with zero attached hydrogens (tertiary/aromatic N) is 4. The van der Waals surface area contributed by atoms with E-state index in [1.165, 1.54) is 0 Å². The summed E-state index contributed by atoms with van der Waals surface area (Å²) in [6.45, 7) is 5.70. The van der Waals surface area contributed by atoms with Crippen LogP contribution in [0.4, 0.5) is 22.1 Å². The molecule has 1 aromatic carbocycles. The van der Waals surface area contributed by atoms with Crippen molar-refractivity contribution >= 4 is 23.4 Å². The molecule has 0 bridgehead atoms. The maximum absolute atomic E-state index is 12.2. The summed E-state index contributed by atoms with van der Waals surface area (Å²) in [5.74, 6) is 1.44. The number of hydrogen-bond donors (Lipinski definition) is 2. The molecular formula is C18H24N6O2. The van der Waals surface area contributed by atoms with Gasteiger partial charge in [-0.2, -0.15) is 0 Å². The van der Waals surface area contributed by atoms with Crippen molar-refractivity contribution in [1.82, 2.24) is 14.9 Å². The third kappa shape index (κ3) is 4.40. The van der Waals surface area contributed by atoms with E-state index in [0.717, 1.165) is 43.2 Å². The summed E-state index contributed by atoms with van der Waals surface area (Å²) in [4.78, 5) is 25.3. The van der Waals surface area contributed by atoms with Crippen LogP contribution in [0.15, 0.2) is 30.6 Å². The lowest BCUT2D eigenvalue weighted by atomic mass is 10.2. The second-order valence-electron chi connectivity index (χ2n) is 6.32. The molecule has 1 aliphatic heterocycles. The molecule has 2 aromatic rings. The summed E-state index contributed by atoms with van der Waals surface area (Å²) in [6.07, 6.45) is 3.25. The predicted octanol–water partition coefficient (Wildman–Crippen LogP) is 2.19. The van der Waals surface area contributed by atoms with Gasteiger partial charge in [-0.3, -0.25) is 0 Å². The van der Waals surface area contributed by atoms with E-state index in [1.807, 2.05) is 13.0 Å². The molecule has 8 nitrogen and oxygen atoms in total. The van der Waals surface area contributed by atoms with Crippen molar-refractivity contribution in [2.75, 3.05) is 55.9 Å². The molecule has 0 atom stereocenters. The van der Waals surface area contributed by atoms with E-state index < -0.39 is 0 Å². The Bertz CT molecular complexity index is 757. The standard InChI is InChI=1S/C18H24N6O2/c1-13-10-15(26-3)4-5-16(13)22-18(25)21-14-11-19-17(20-12-14)24-8-6-23(2)7-9-24/h4-5,10-12H,6-9H2,1-3H3,(H2,21,22,25). The van der Waals surface area contributed by atoms with Gasteiger partial charge in [0.05, 0.1) is 25.2 Å². The van der Waals surface area contributed by atoms with Gasteiger partial charge >= 0.3 is 6.03 Å². The molecule has 0 saturated carbocycles. The fraction of sp³-hybridized carbons (Fsp3) is 0.389. The number of benzene rings is 1. The molecule has 1 saturated heterocycles. The highest BCUT2D eigenvalue weighted by Gasteiger charge is 2.16. The highest BCUT2D eigenvalue weighted by atomic mass is 16.5. The minimum atomic E-state index is -0.339. The van der Waals surface area contributed by atoms with Crippen LogP contribution in [0, 0.1) is 6.92 Å². The largest absolute Gasteiger partial charge is 0.497 e. The average Bonchev–Trinajstić information content (AvgIpc) is 2.65. The highest BCUT2D eigenvalue weighted by Crippen LogP contribution is 2.21. The molecule has 138 valence electrons. The number of aryl methyl sites for hydroxylation is 1. The van der Waals surface area contributed by atoms with E-state index in [0.29, 0.717) is 11.6 Å². The summed E-state index contributed by atoms with van der Waals surface area (Å²) >= 11 is 0. The number of piperazine rings is 1. The van der Waals surface area contributed by atoms with Crippen LogP contribution in [0.1, 0.15) is 5.56 Å². The number of amides is 2. The predicted molar refractivity (Wildman–Crippen MR) is 102 cm³/mol. The molecule has 26 heavy (non-hydrogen) atoms. The fourth-order valence-electron chi connectivity index (χ4n) is 2.74. The van der Waals surface area contributed by atoms with Crippen molar-refractivity contribution in [3.63, 3.8) is 0 Å². The molecular weight excluding hydrogens is 332 g/mol. The highest BCUT2D eigenvalue weighted by molar-refractivity contribution is 6.00. The van der Waals surface area contributed by atoms with E-state index in [1.54, 1.807) is 31.6 Å². The van der Waals surface area contributed by atoms with Crippen molar-refractivity contribution < 1.29 is 9.53 Å². The first kappa shape index (κ1) is 17.9. The zero-order valence-corrected chi connectivity index (χ0v) is 15.3. The number of aromatic nitrogens is 2. The number of urea groups is 1. The lowest BCUT2D eigenvalue weighted by molar-refractivity contribution is 0.262. The molecule has 0 unspecified atom stereocenters. The average molecular weight is 356 g/mol. The number of carbonyl (C=O) groups excluding carboxylic acids is 1. The van der Waals surface area contributed by atoms with Gasteiger partial charge in [0, 0.05) is 31.9 Å². The second kappa shape index (κ2) is 8.01. The fourth-order valence-corrected chi connectivity index (χ4v) is 2.74. The molecule has 2 N–H and O–H groups in total. The van der Waals surface area contributed by atoms with E-state index in [2.05, 4.69) is 37.4 Å². The SMILES string of the molecule is COc1ccc(NC(=O)Nc2cnc(N3CCN(C)CC3)nc2)c(C)c1. The first-order chi connectivity index (χ1) is 12.5. The number of nitrogens with one attached hydrogen (secondary N) is 2. The van der Waals surface area contributed by atoms with Gasteiger partial charge in [-0.1, -0.05) is 0 Å². The first-order valence-electron chi connectivity index (χ1n) is 8.53. The maximum Gasteiger partial charge on any atom is 0.323 e. The number of hydrogen-bond acceptors (Lipinski definition) is 6. The third-order valence-corrected chi connectivity index (χ3v) is 4.36. The van der Waals surface area contributed by atoms with Gasteiger partial charge in [0.25, 0.3) is 0 Å². The number of rotatable bonds is 4. The summed E-state index contributed by atoms with van der Waals surface area (Å²) < 4.78 is 5.17. The molecule has 3 rings (SSSR count). The van der Waals surface area contributed by atoms with Crippen LogP contribution in [-0.2, 0) is 0 Å². The molecule has 2 amide bonds. The van der Waals surface area contributed by atoms with Crippen LogP contribution in [0.25, 0.3) is 0 Å². The van der Waals surface area contributed by atoms with Crippen molar-refractivity contribution in [3.8, 4) is 5.75 Å². The van der Waals surface area contributed by atoms with Crippen LogP contribution >= 0.6 is 0 Å². The monoisotopic (exact) mass is 356 g/mol. The summed E-state index contributed by atoms with van der Waals surface area (Å²) in [5.41, 5.74) is 2.19. The van der Waals surface area contributed by atoms with Gasteiger partial charge in [0.2, 0.25) is 5.95 Å². The Balaban J connectivity index is 1.57. The van der Waals surface area contributed by atoms with Gasteiger partial charge in [-0.05, 0) is 37.7 Å². The zero-order valence-electron chi connectivity index (χ0n) is 15.3. The zero-order chi connectivity index (χ0) is 18.5. The molecule has 0 aliphatic carbocycles. The number of methoxy groups -OCH3 is 1.